The molecule has 0 unspecified atom stereocenters. The molecule has 0 bridgehead atoms. The minimum Gasteiger partial charge on any atom is -0.497 e. The standard InChI is InChI=1S/C27H27N3O2.C19H17ClN2O2.C8H11N/c1-4-30(27(31)23-11-10-22-17-25(32-3)13-12-21(22)16-23)24-14-15-28-26(18-24)29-19(2)20-8-6-5-7-9-20;1-3-22(16-8-9-21-18(20)12-16)19(23)15-5-4-14-11-17(24-2)7-6-13(14)10-15;1-7(9)8-5-3-2-4-6-8/h5-19H,4H2,1-3H3,(H,28,29);4-12H,3H2,1-2H3;2-7H,9H2,1H3/t19-;;7-/m0.0/s1. The lowest BCUT2D eigenvalue weighted by Gasteiger charge is -2.23. The molecule has 0 aliphatic heterocycles. The second-order valence-electron chi connectivity index (χ2n) is 15.2. The lowest BCUT2D eigenvalue weighted by atomic mass is 10.1. The Balaban J connectivity index is 0.000000186. The van der Waals surface area contributed by atoms with Gasteiger partial charge in [0.25, 0.3) is 11.8 Å². The number of pyridine rings is 2. The number of halogens is 1. The molecule has 11 heteroatoms. The maximum atomic E-state index is 13.4. The van der Waals surface area contributed by atoms with Gasteiger partial charge in [-0.3, -0.25) is 9.59 Å². The van der Waals surface area contributed by atoms with Gasteiger partial charge in [0.1, 0.15) is 22.5 Å². The highest BCUT2D eigenvalue weighted by Crippen LogP contribution is 2.27. The predicted molar refractivity (Wildman–Crippen MR) is 267 cm³/mol. The molecule has 332 valence electrons. The molecule has 2 aromatic heterocycles. The highest BCUT2D eigenvalue weighted by atomic mass is 35.5. The zero-order chi connectivity index (χ0) is 46.3. The maximum Gasteiger partial charge on any atom is 0.258 e. The second kappa shape index (κ2) is 22.9. The summed E-state index contributed by atoms with van der Waals surface area (Å²) in [7, 11) is 3.29. The van der Waals surface area contributed by atoms with Crippen LogP contribution < -0.4 is 30.3 Å². The van der Waals surface area contributed by atoms with Crippen molar-refractivity contribution in [1.82, 2.24) is 9.97 Å². The van der Waals surface area contributed by atoms with E-state index in [1.165, 1.54) is 11.1 Å². The molecule has 0 radical (unpaired) electrons. The Kier molecular flexibility index (Phi) is 16.6. The van der Waals surface area contributed by atoms with Gasteiger partial charge in [-0.15, -0.1) is 0 Å². The average molecular weight is 888 g/mol. The molecule has 0 saturated carbocycles. The summed E-state index contributed by atoms with van der Waals surface area (Å²) >= 11 is 5.94. The van der Waals surface area contributed by atoms with Crippen molar-refractivity contribution < 1.29 is 19.1 Å². The lowest BCUT2D eigenvalue weighted by Crippen LogP contribution is -2.30. The molecule has 0 saturated heterocycles. The number of hydrogen-bond donors (Lipinski definition) is 2. The minimum absolute atomic E-state index is 0.0431. The van der Waals surface area contributed by atoms with Gasteiger partial charge in [0.05, 0.1) is 14.2 Å². The summed E-state index contributed by atoms with van der Waals surface area (Å²) in [5, 5.41) is 7.85. The van der Waals surface area contributed by atoms with E-state index < -0.39 is 0 Å². The predicted octanol–water partition coefficient (Wildman–Crippen LogP) is 12.4. The zero-order valence-corrected chi connectivity index (χ0v) is 38.4. The van der Waals surface area contributed by atoms with E-state index in [4.69, 9.17) is 26.8 Å². The number of benzene rings is 6. The Hall–Kier alpha value is -7.27. The van der Waals surface area contributed by atoms with Crippen molar-refractivity contribution in [2.24, 2.45) is 5.73 Å². The van der Waals surface area contributed by atoms with Crippen molar-refractivity contribution in [3.63, 3.8) is 0 Å². The second-order valence-corrected chi connectivity index (χ2v) is 15.6. The van der Waals surface area contributed by atoms with Crippen LogP contribution in [-0.2, 0) is 0 Å². The molecule has 8 aromatic rings. The number of nitrogens with two attached hydrogens (primary N) is 1. The van der Waals surface area contributed by atoms with E-state index in [-0.39, 0.29) is 23.9 Å². The lowest BCUT2D eigenvalue weighted by molar-refractivity contribution is 0.0980. The van der Waals surface area contributed by atoms with Crippen molar-refractivity contribution in [1.29, 1.82) is 0 Å². The molecule has 8 rings (SSSR count). The number of hydrogen-bond acceptors (Lipinski definition) is 8. The first-order valence-corrected chi connectivity index (χ1v) is 21.9. The number of amides is 2. The van der Waals surface area contributed by atoms with E-state index in [1.54, 1.807) is 48.5 Å². The fourth-order valence-corrected chi connectivity index (χ4v) is 7.36. The van der Waals surface area contributed by atoms with E-state index in [9.17, 15) is 9.59 Å². The first-order valence-electron chi connectivity index (χ1n) is 21.5. The van der Waals surface area contributed by atoms with Crippen LogP contribution in [0, 0.1) is 0 Å². The van der Waals surface area contributed by atoms with Crippen molar-refractivity contribution in [3.8, 4) is 11.5 Å². The minimum atomic E-state index is -0.0718. The molecule has 2 atom stereocenters. The highest BCUT2D eigenvalue weighted by molar-refractivity contribution is 6.29. The molecule has 2 heterocycles. The summed E-state index contributed by atoms with van der Waals surface area (Å²) in [5.41, 5.74) is 10.8. The van der Waals surface area contributed by atoms with Gasteiger partial charge in [0.2, 0.25) is 0 Å². The molecule has 2 amide bonds. The maximum absolute atomic E-state index is 13.4. The van der Waals surface area contributed by atoms with Crippen LogP contribution in [0.25, 0.3) is 21.5 Å². The molecule has 0 aliphatic rings. The quantitative estimate of drug-likeness (QED) is 0.116. The van der Waals surface area contributed by atoms with Gasteiger partial charge in [-0.25, -0.2) is 9.97 Å². The summed E-state index contributed by atoms with van der Waals surface area (Å²) in [5.74, 6) is 2.21. The molecule has 6 aromatic carbocycles. The van der Waals surface area contributed by atoms with E-state index in [2.05, 4.69) is 34.3 Å². The van der Waals surface area contributed by atoms with Crippen LogP contribution in [0.4, 0.5) is 17.2 Å². The van der Waals surface area contributed by atoms with Gasteiger partial charge in [0, 0.05) is 66.1 Å². The summed E-state index contributed by atoms with van der Waals surface area (Å²) in [6.45, 7) is 9.07. The molecule has 10 nitrogen and oxygen atoms in total. The third kappa shape index (κ3) is 12.5. The Labute approximate surface area is 386 Å². The highest BCUT2D eigenvalue weighted by Gasteiger charge is 2.19. The summed E-state index contributed by atoms with van der Waals surface area (Å²) in [4.78, 5) is 38.1. The first kappa shape index (κ1) is 47.2. The number of methoxy groups -OCH3 is 2. The van der Waals surface area contributed by atoms with Crippen LogP contribution in [0.15, 0.2) is 170 Å². The van der Waals surface area contributed by atoms with Crippen molar-refractivity contribution in [2.75, 3.05) is 42.4 Å². The molecule has 65 heavy (non-hydrogen) atoms. The van der Waals surface area contributed by atoms with E-state index in [0.29, 0.717) is 29.4 Å². The Bertz CT molecular complexity index is 2820. The number of rotatable bonds is 12. The van der Waals surface area contributed by atoms with Gasteiger partial charge in [-0.05, 0) is 127 Å². The largest absolute Gasteiger partial charge is 0.497 e. The van der Waals surface area contributed by atoms with Crippen LogP contribution in [0.3, 0.4) is 0 Å². The SMILES string of the molecule is CCN(C(=O)c1ccc2cc(OC)ccc2c1)c1ccnc(Cl)c1.CCN(C(=O)c1ccc2cc(OC)ccc2c1)c1ccnc(N[C@@H](C)c2ccccc2)c1.C[C@H](N)c1ccccc1. The number of carbonyl (C=O) groups excluding carboxylic acids is 2. The third-order valence-electron chi connectivity index (χ3n) is 10.8. The monoisotopic (exact) mass is 886 g/mol. The summed E-state index contributed by atoms with van der Waals surface area (Å²) in [6, 6.07) is 50.8. The zero-order valence-electron chi connectivity index (χ0n) is 37.6. The number of carbonyl (C=O) groups is 2. The van der Waals surface area contributed by atoms with E-state index >= 15 is 0 Å². The molecule has 0 spiro atoms. The van der Waals surface area contributed by atoms with Crippen molar-refractivity contribution in [3.05, 3.63) is 198 Å². The Morgan fingerprint density at radius 3 is 1.48 bits per heavy atom. The van der Waals surface area contributed by atoms with Crippen molar-refractivity contribution in [2.45, 2.75) is 39.8 Å². The summed E-state index contributed by atoms with van der Waals surface area (Å²) < 4.78 is 10.5. The van der Waals surface area contributed by atoms with Gasteiger partial charge < -0.3 is 30.3 Å². The van der Waals surface area contributed by atoms with Crippen LogP contribution in [0.1, 0.15) is 71.6 Å². The van der Waals surface area contributed by atoms with E-state index in [1.807, 2.05) is 154 Å². The summed E-state index contributed by atoms with van der Waals surface area (Å²) in [6.07, 6.45) is 3.33. The fourth-order valence-electron chi connectivity index (χ4n) is 7.20. The Morgan fingerprint density at radius 2 is 1.03 bits per heavy atom. The smallest absolute Gasteiger partial charge is 0.258 e. The fraction of sp³-hybridized carbons (Fsp3) is 0.185. The molecular formula is C54H55ClN6O4. The number of nitrogens with zero attached hydrogens (tertiary/aromatic N) is 4. The Morgan fingerprint density at radius 1 is 0.585 bits per heavy atom. The van der Waals surface area contributed by atoms with Crippen LogP contribution in [-0.4, -0.2) is 49.1 Å². The topological polar surface area (TPSA) is 123 Å². The first-order chi connectivity index (χ1) is 31.5. The molecule has 0 fully saturated rings. The average Bonchev–Trinajstić information content (AvgIpc) is 3.34. The van der Waals surface area contributed by atoms with Crippen molar-refractivity contribution >= 4 is 62.2 Å². The number of aromatic nitrogens is 2. The molecule has 0 aliphatic carbocycles. The number of anilines is 3. The number of ether oxygens (including phenoxy) is 2. The van der Waals surface area contributed by atoms with Gasteiger partial charge in [-0.2, -0.15) is 0 Å². The number of fused-ring (bicyclic) bond motifs is 2. The third-order valence-corrected chi connectivity index (χ3v) is 11.0. The van der Waals surface area contributed by atoms with Crippen LogP contribution >= 0.6 is 11.6 Å². The number of nitrogens with one attached hydrogen (secondary N) is 1. The van der Waals surface area contributed by atoms with Gasteiger partial charge in [0.15, 0.2) is 0 Å². The normalized spacial score (nSPS) is 11.5. The van der Waals surface area contributed by atoms with Gasteiger partial charge in [-0.1, -0.05) is 96.5 Å². The molecule has 3 N–H and O–H groups in total. The molecular weight excluding hydrogens is 832 g/mol. The van der Waals surface area contributed by atoms with Crippen LogP contribution in [0.2, 0.25) is 5.15 Å². The van der Waals surface area contributed by atoms with Crippen LogP contribution in [0.5, 0.6) is 11.5 Å². The van der Waals surface area contributed by atoms with Gasteiger partial charge >= 0.3 is 0 Å². The van der Waals surface area contributed by atoms with E-state index in [0.717, 1.165) is 50.2 Å².